The molecule has 0 amide bonds. The van der Waals surface area contributed by atoms with Crippen LogP contribution in [-0.4, -0.2) is 23.7 Å². The van der Waals surface area contributed by atoms with E-state index in [1.807, 2.05) is 24.3 Å². The van der Waals surface area contributed by atoms with Crippen LogP contribution in [0.4, 0.5) is 0 Å². The van der Waals surface area contributed by atoms with Gasteiger partial charge in [0.2, 0.25) is 0 Å². The highest BCUT2D eigenvalue weighted by atomic mass is 35.5. The zero-order valence-corrected chi connectivity index (χ0v) is 23.1. The fourth-order valence-corrected chi connectivity index (χ4v) is 4.75. The first-order chi connectivity index (χ1) is 18.5. The summed E-state index contributed by atoms with van der Waals surface area (Å²) in [4.78, 5) is 24.0. The van der Waals surface area contributed by atoms with E-state index in [1.165, 1.54) is 88.8 Å². The van der Waals surface area contributed by atoms with E-state index in [-0.39, 0.29) is 16.3 Å². The molecule has 0 aromatic heterocycles. The van der Waals surface area contributed by atoms with E-state index < -0.39 is 11.9 Å². The molecule has 6 heteroatoms. The SMILES string of the molecule is CCCCCCCCCCCCCCOc1ccc2c(C(=O)Oc3ccc(C(=O)O)cc3Cl)cccc2c1. The number of esters is 1. The summed E-state index contributed by atoms with van der Waals surface area (Å²) in [5.41, 5.74) is 0.421. The molecule has 0 fully saturated rings. The number of ether oxygens (including phenoxy) is 2. The molecule has 0 saturated carbocycles. The number of carboxylic acids is 1. The Morgan fingerprint density at radius 3 is 2.08 bits per heavy atom. The number of hydrogen-bond donors (Lipinski definition) is 1. The number of carbonyl (C=O) groups is 2. The lowest BCUT2D eigenvalue weighted by Crippen LogP contribution is -2.10. The van der Waals surface area contributed by atoms with Crippen molar-refractivity contribution in [3.63, 3.8) is 0 Å². The van der Waals surface area contributed by atoms with Crippen molar-refractivity contribution in [3.05, 3.63) is 70.7 Å². The number of rotatable bonds is 17. The summed E-state index contributed by atoms with van der Waals surface area (Å²) in [5, 5.41) is 10.8. The predicted molar refractivity (Wildman–Crippen MR) is 154 cm³/mol. The van der Waals surface area contributed by atoms with Crippen molar-refractivity contribution < 1.29 is 24.2 Å². The average molecular weight is 539 g/mol. The molecule has 0 saturated heterocycles. The highest BCUT2D eigenvalue weighted by molar-refractivity contribution is 6.32. The van der Waals surface area contributed by atoms with Crippen LogP contribution in [0.25, 0.3) is 10.8 Å². The molecule has 1 N–H and O–H groups in total. The molecular formula is C32H39ClO5. The van der Waals surface area contributed by atoms with Crippen LogP contribution in [0.5, 0.6) is 11.5 Å². The third-order valence-electron chi connectivity index (χ3n) is 6.72. The Balaban J connectivity index is 1.42. The molecule has 0 aliphatic rings. The van der Waals surface area contributed by atoms with Crippen LogP contribution in [0.15, 0.2) is 54.6 Å². The van der Waals surface area contributed by atoms with Gasteiger partial charge in [0, 0.05) is 0 Å². The molecule has 38 heavy (non-hydrogen) atoms. The van der Waals surface area contributed by atoms with Crippen LogP contribution < -0.4 is 9.47 Å². The first-order valence-corrected chi connectivity index (χ1v) is 14.3. The molecule has 3 aromatic rings. The van der Waals surface area contributed by atoms with Gasteiger partial charge in [-0.25, -0.2) is 9.59 Å². The summed E-state index contributed by atoms with van der Waals surface area (Å²) >= 11 is 6.11. The Morgan fingerprint density at radius 1 is 0.789 bits per heavy atom. The van der Waals surface area contributed by atoms with E-state index >= 15 is 0 Å². The normalized spacial score (nSPS) is 11.0. The van der Waals surface area contributed by atoms with Crippen molar-refractivity contribution in [2.75, 3.05) is 6.61 Å². The zero-order chi connectivity index (χ0) is 27.2. The summed E-state index contributed by atoms with van der Waals surface area (Å²) in [5.74, 6) is -0.777. The molecule has 0 heterocycles. The number of hydrogen-bond acceptors (Lipinski definition) is 4. The molecule has 0 aliphatic carbocycles. The molecule has 0 spiro atoms. The van der Waals surface area contributed by atoms with Gasteiger partial charge in [0.15, 0.2) is 0 Å². The Bertz CT molecular complexity index is 1190. The Kier molecular flexibility index (Phi) is 12.4. The number of carbonyl (C=O) groups excluding carboxylic acids is 1. The monoisotopic (exact) mass is 538 g/mol. The molecule has 0 radical (unpaired) electrons. The van der Waals surface area contributed by atoms with E-state index in [4.69, 9.17) is 26.2 Å². The number of unbranched alkanes of at least 4 members (excludes halogenated alkanes) is 11. The molecule has 0 bridgehead atoms. The Hall–Kier alpha value is -3.05. The smallest absolute Gasteiger partial charge is 0.344 e. The number of fused-ring (bicyclic) bond motifs is 1. The number of benzene rings is 3. The fraction of sp³-hybridized carbons (Fsp3) is 0.438. The second kappa shape index (κ2) is 16.0. The largest absolute Gasteiger partial charge is 0.494 e. The minimum absolute atomic E-state index is 0.0241. The first kappa shape index (κ1) is 29.5. The van der Waals surface area contributed by atoms with Crippen molar-refractivity contribution in [2.24, 2.45) is 0 Å². The van der Waals surface area contributed by atoms with Crippen LogP contribution in [0.1, 0.15) is 105 Å². The van der Waals surface area contributed by atoms with E-state index in [0.29, 0.717) is 12.2 Å². The van der Waals surface area contributed by atoms with Crippen LogP contribution in [0, 0.1) is 0 Å². The van der Waals surface area contributed by atoms with E-state index in [9.17, 15) is 9.59 Å². The first-order valence-electron chi connectivity index (χ1n) is 13.9. The van der Waals surface area contributed by atoms with Crippen LogP contribution in [-0.2, 0) is 0 Å². The summed E-state index contributed by atoms with van der Waals surface area (Å²) < 4.78 is 11.4. The second-order valence-corrected chi connectivity index (χ2v) is 10.2. The highest BCUT2D eigenvalue weighted by Gasteiger charge is 2.16. The lowest BCUT2D eigenvalue weighted by molar-refractivity contribution is 0.0696. The number of aromatic carboxylic acids is 1. The minimum Gasteiger partial charge on any atom is -0.494 e. The quantitative estimate of drug-likeness (QED) is 0.105. The third-order valence-corrected chi connectivity index (χ3v) is 7.02. The van der Waals surface area contributed by atoms with Crippen LogP contribution in [0.3, 0.4) is 0 Å². The second-order valence-electron chi connectivity index (χ2n) is 9.77. The van der Waals surface area contributed by atoms with Gasteiger partial charge in [-0.1, -0.05) is 101 Å². The molecule has 0 aliphatic heterocycles. The maximum absolute atomic E-state index is 12.9. The summed E-state index contributed by atoms with van der Waals surface area (Å²) in [7, 11) is 0. The van der Waals surface area contributed by atoms with Crippen molar-refractivity contribution in [2.45, 2.75) is 84.0 Å². The standard InChI is InChI=1S/C32H39ClO5/c1-2-3-4-5-6-7-8-9-10-11-12-13-21-37-26-18-19-27-24(22-26)15-14-16-28(27)32(36)38-30-20-17-25(31(34)35)23-29(30)33/h14-20,22-23H,2-13,21H2,1H3,(H,34,35). The van der Waals surface area contributed by atoms with Gasteiger partial charge in [-0.2, -0.15) is 0 Å². The summed E-state index contributed by atoms with van der Waals surface area (Å²) in [6.45, 7) is 2.94. The van der Waals surface area contributed by atoms with Crippen LogP contribution >= 0.6 is 11.6 Å². The lowest BCUT2D eigenvalue weighted by atomic mass is 10.0. The fourth-order valence-electron chi connectivity index (χ4n) is 4.53. The molecule has 0 unspecified atom stereocenters. The van der Waals surface area contributed by atoms with Crippen molar-refractivity contribution in [3.8, 4) is 11.5 Å². The van der Waals surface area contributed by atoms with E-state index in [0.717, 1.165) is 22.9 Å². The number of halogens is 1. The van der Waals surface area contributed by atoms with Gasteiger partial charge in [0.05, 0.1) is 22.8 Å². The van der Waals surface area contributed by atoms with Crippen LogP contribution in [0.2, 0.25) is 5.02 Å². The third kappa shape index (κ3) is 9.36. The lowest BCUT2D eigenvalue weighted by Gasteiger charge is -2.11. The molecule has 3 rings (SSSR count). The van der Waals surface area contributed by atoms with Crippen molar-refractivity contribution in [1.82, 2.24) is 0 Å². The maximum atomic E-state index is 12.9. The zero-order valence-electron chi connectivity index (χ0n) is 22.3. The van der Waals surface area contributed by atoms with Gasteiger partial charge in [-0.3, -0.25) is 0 Å². The molecule has 0 atom stereocenters. The van der Waals surface area contributed by atoms with E-state index in [1.54, 1.807) is 12.1 Å². The van der Waals surface area contributed by atoms with Gasteiger partial charge < -0.3 is 14.6 Å². The summed E-state index contributed by atoms with van der Waals surface area (Å²) in [6.07, 6.45) is 15.7. The molecule has 3 aromatic carbocycles. The number of carboxylic acid groups (broad SMARTS) is 1. The van der Waals surface area contributed by atoms with Gasteiger partial charge >= 0.3 is 11.9 Å². The Morgan fingerprint density at radius 2 is 1.45 bits per heavy atom. The van der Waals surface area contributed by atoms with Gasteiger partial charge in [0.1, 0.15) is 11.5 Å². The molecule has 204 valence electrons. The predicted octanol–water partition coefficient (Wildman–Crippen LogP) is 9.49. The van der Waals surface area contributed by atoms with E-state index in [2.05, 4.69) is 6.92 Å². The minimum atomic E-state index is -1.10. The van der Waals surface area contributed by atoms with Gasteiger partial charge in [-0.15, -0.1) is 0 Å². The molecule has 5 nitrogen and oxygen atoms in total. The summed E-state index contributed by atoms with van der Waals surface area (Å²) in [6, 6.07) is 15.1. The Labute approximate surface area is 231 Å². The van der Waals surface area contributed by atoms with Crippen molar-refractivity contribution in [1.29, 1.82) is 0 Å². The molecular weight excluding hydrogens is 500 g/mol. The van der Waals surface area contributed by atoms with Crippen molar-refractivity contribution >= 4 is 34.3 Å². The highest BCUT2D eigenvalue weighted by Crippen LogP contribution is 2.29. The maximum Gasteiger partial charge on any atom is 0.344 e. The topological polar surface area (TPSA) is 72.8 Å². The van der Waals surface area contributed by atoms with Gasteiger partial charge in [0.25, 0.3) is 0 Å². The van der Waals surface area contributed by atoms with Gasteiger partial charge in [-0.05, 0) is 59.7 Å². The average Bonchev–Trinajstić information content (AvgIpc) is 2.91.